The Morgan fingerprint density at radius 1 is 1.43 bits per heavy atom. The van der Waals surface area contributed by atoms with Gasteiger partial charge in [-0.1, -0.05) is 25.5 Å². The first kappa shape index (κ1) is 17.3. The zero-order valence-corrected chi connectivity index (χ0v) is 13.1. The van der Waals surface area contributed by atoms with Crippen molar-refractivity contribution in [3.8, 4) is 11.5 Å². The van der Waals surface area contributed by atoms with Gasteiger partial charge in [-0.25, -0.2) is 0 Å². The topological polar surface area (TPSA) is 73.6 Å². The molecule has 0 aliphatic carbocycles. The second kappa shape index (κ2) is 9.23. The van der Waals surface area contributed by atoms with Crippen molar-refractivity contribution in [1.82, 2.24) is 5.32 Å². The van der Waals surface area contributed by atoms with Crippen molar-refractivity contribution in [2.24, 2.45) is 5.73 Å². The Bertz CT molecular complexity index is 449. The van der Waals surface area contributed by atoms with E-state index in [2.05, 4.69) is 12.2 Å². The van der Waals surface area contributed by atoms with Crippen LogP contribution in [0.2, 0.25) is 0 Å². The summed E-state index contributed by atoms with van der Waals surface area (Å²) < 4.78 is 10.9. The average molecular weight is 294 g/mol. The molecule has 0 aliphatic heterocycles. The minimum Gasteiger partial charge on any atom is -0.493 e. The van der Waals surface area contributed by atoms with Crippen molar-refractivity contribution in [2.75, 3.05) is 20.3 Å². The van der Waals surface area contributed by atoms with Crippen LogP contribution in [0.1, 0.15) is 32.3 Å². The summed E-state index contributed by atoms with van der Waals surface area (Å²) in [5.41, 5.74) is 6.55. The molecule has 0 radical (unpaired) electrons. The van der Waals surface area contributed by atoms with E-state index in [0.717, 1.165) is 18.4 Å². The maximum atomic E-state index is 11.9. The lowest BCUT2D eigenvalue weighted by Crippen LogP contribution is -2.36. The molecule has 21 heavy (non-hydrogen) atoms. The number of amides is 1. The summed E-state index contributed by atoms with van der Waals surface area (Å²) in [5, 5.41) is 2.91. The van der Waals surface area contributed by atoms with Crippen molar-refractivity contribution in [3.63, 3.8) is 0 Å². The van der Waals surface area contributed by atoms with Crippen molar-refractivity contribution in [2.45, 2.75) is 39.2 Å². The van der Waals surface area contributed by atoms with Crippen molar-refractivity contribution in [1.29, 1.82) is 0 Å². The second-order valence-electron chi connectivity index (χ2n) is 5.03. The molecule has 118 valence electrons. The van der Waals surface area contributed by atoms with Gasteiger partial charge >= 0.3 is 0 Å². The summed E-state index contributed by atoms with van der Waals surface area (Å²) in [6, 6.07) is 5.79. The Morgan fingerprint density at radius 3 is 2.81 bits per heavy atom. The van der Waals surface area contributed by atoms with E-state index in [1.807, 2.05) is 25.1 Å². The van der Waals surface area contributed by atoms with Crippen molar-refractivity contribution in [3.05, 3.63) is 23.8 Å². The molecule has 0 spiro atoms. The predicted octanol–water partition coefficient (Wildman–Crippen LogP) is 1.88. The van der Waals surface area contributed by atoms with Gasteiger partial charge in [-0.2, -0.15) is 0 Å². The average Bonchev–Trinajstić information content (AvgIpc) is 2.46. The molecular weight excluding hydrogens is 268 g/mol. The number of nitrogens with one attached hydrogen (secondary N) is 1. The van der Waals surface area contributed by atoms with Crippen LogP contribution in [0.5, 0.6) is 11.5 Å². The molecule has 0 fully saturated rings. The molecule has 1 unspecified atom stereocenters. The molecule has 0 bridgehead atoms. The van der Waals surface area contributed by atoms with E-state index in [9.17, 15) is 4.79 Å². The second-order valence-corrected chi connectivity index (χ2v) is 5.03. The maximum absolute atomic E-state index is 11.9. The molecular formula is C16H26N2O3. The number of ether oxygens (including phenoxy) is 2. The predicted molar refractivity (Wildman–Crippen MR) is 83.8 cm³/mol. The van der Waals surface area contributed by atoms with E-state index in [-0.39, 0.29) is 18.6 Å². The van der Waals surface area contributed by atoms with Gasteiger partial charge in [-0.3, -0.25) is 4.79 Å². The third-order valence-electron chi connectivity index (χ3n) is 3.17. The lowest BCUT2D eigenvalue weighted by molar-refractivity contribution is -0.123. The molecule has 5 heteroatoms. The first-order chi connectivity index (χ1) is 10.1. The van der Waals surface area contributed by atoms with Crippen molar-refractivity contribution >= 4 is 5.91 Å². The number of carbonyl (C=O) groups is 1. The Kier molecular flexibility index (Phi) is 7.61. The Labute approximate surface area is 126 Å². The zero-order chi connectivity index (χ0) is 15.7. The molecule has 1 aromatic carbocycles. The maximum Gasteiger partial charge on any atom is 0.258 e. The lowest BCUT2D eigenvalue weighted by atomic mass is 10.1. The van der Waals surface area contributed by atoms with Crippen LogP contribution in [-0.4, -0.2) is 32.2 Å². The normalized spacial score (nSPS) is 11.8. The molecule has 0 heterocycles. The fraction of sp³-hybridized carbons (Fsp3) is 0.562. The third-order valence-corrected chi connectivity index (χ3v) is 3.17. The number of rotatable bonds is 9. The van der Waals surface area contributed by atoms with Crippen LogP contribution in [0.25, 0.3) is 0 Å². The summed E-state index contributed by atoms with van der Waals surface area (Å²) in [7, 11) is 1.58. The van der Waals surface area contributed by atoms with Gasteiger partial charge in [0, 0.05) is 6.04 Å². The highest BCUT2D eigenvalue weighted by Gasteiger charge is 2.13. The van der Waals surface area contributed by atoms with Crippen LogP contribution in [-0.2, 0) is 11.2 Å². The van der Waals surface area contributed by atoms with Crippen LogP contribution < -0.4 is 20.5 Å². The summed E-state index contributed by atoms with van der Waals surface area (Å²) >= 11 is 0. The number of benzene rings is 1. The summed E-state index contributed by atoms with van der Waals surface area (Å²) in [5.74, 6) is 1.10. The first-order valence-electron chi connectivity index (χ1n) is 7.40. The minimum atomic E-state index is -0.124. The van der Waals surface area contributed by atoms with Gasteiger partial charge in [0.05, 0.1) is 7.11 Å². The monoisotopic (exact) mass is 294 g/mol. The minimum absolute atomic E-state index is 0.0218. The number of para-hydroxylation sites is 1. The Morgan fingerprint density at radius 2 is 2.19 bits per heavy atom. The lowest BCUT2D eigenvalue weighted by Gasteiger charge is -2.16. The Hall–Kier alpha value is -1.75. The summed E-state index contributed by atoms with van der Waals surface area (Å²) in [4.78, 5) is 11.9. The van der Waals surface area contributed by atoms with Gasteiger partial charge in [0.1, 0.15) is 0 Å². The quantitative estimate of drug-likeness (QED) is 0.729. The highest BCUT2D eigenvalue weighted by molar-refractivity contribution is 5.78. The first-order valence-corrected chi connectivity index (χ1v) is 7.40. The molecule has 0 aromatic heterocycles. The summed E-state index contributed by atoms with van der Waals surface area (Å²) in [6.07, 6.45) is 2.68. The molecule has 3 N–H and O–H groups in total. The van der Waals surface area contributed by atoms with Gasteiger partial charge in [-0.05, 0) is 37.9 Å². The van der Waals surface area contributed by atoms with Crippen molar-refractivity contribution < 1.29 is 14.3 Å². The van der Waals surface area contributed by atoms with E-state index in [4.69, 9.17) is 15.2 Å². The van der Waals surface area contributed by atoms with E-state index in [1.54, 1.807) is 7.11 Å². The van der Waals surface area contributed by atoms with E-state index < -0.39 is 0 Å². The largest absolute Gasteiger partial charge is 0.493 e. The molecule has 1 amide bonds. The highest BCUT2D eigenvalue weighted by Crippen LogP contribution is 2.31. The molecule has 0 saturated carbocycles. The SMILES string of the molecule is CCCC(C)NC(=O)COc1c(CCN)cccc1OC. The molecule has 1 atom stereocenters. The van der Waals surface area contributed by atoms with E-state index >= 15 is 0 Å². The third kappa shape index (κ3) is 5.63. The van der Waals surface area contributed by atoms with Crippen LogP contribution >= 0.6 is 0 Å². The van der Waals surface area contributed by atoms with Crippen LogP contribution in [0.15, 0.2) is 18.2 Å². The highest BCUT2D eigenvalue weighted by atomic mass is 16.5. The van der Waals surface area contributed by atoms with Gasteiger partial charge in [0.15, 0.2) is 18.1 Å². The standard InChI is InChI=1S/C16H26N2O3/c1-4-6-12(2)18-15(19)11-21-16-13(9-10-17)7-5-8-14(16)20-3/h5,7-8,12H,4,6,9-11,17H2,1-3H3,(H,18,19). The molecule has 0 saturated heterocycles. The Balaban J connectivity index is 2.67. The fourth-order valence-electron chi connectivity index (χ4n) is 2.20. The number of hydrogen-bond donors (Lipinski definition) is 2. The molecule has 0 aliphatic rings. The smallest absolute Gasteiger partial charge is 0.258 e. The molecule has 1 rings (SSSR count). The molecule has 1 aromatic rings. The number of methoxy groups -OCH3 is 1. The van der Waals surface area contributed by atoms with Gasteiger partial charge < -0.3 is 20.5 Å². The van der Waals surface area contributed by atoms with Crippen LogP contribution in [0.3, 0.4) is 0 Å². The summed E-state index contributed by atoms with van der Waals surface area (Å²) in [6.45, 7) is 4.58. The fourth-order valence-corrected chi connectivity index (χ4v) is 2.20. The van der Waals surface area contributed by atoms with Gasteiger partial charge in [0.2, 0.25) is 0 Å². The zero-order valence-electron chi connectivity index (χ0n) is 13.1. The van der Waals surface area contributed by atoms with Crippen LogP contribution in [0, 0.1) is 0 Å². The molecule has 5 nitrogen and oxygen atoms in total. The van der Waals surface area contributed by atoms with E-state index in [0.29, 0.717) is 24.5 Å². The van der Waals surface area contributed by atoms with E-state index in [1.165, 1.54) is 0 Å². The number of nitrogens with two attached hydrogens (primary N) is 1. The van der Waals surface area contributed by atoms with Gasteiger partial charge in [-0.15, -0.1) is 0 Å². The van der Waals surface area contributed by atoms with Gasteiger partial charge in [0.25, 0.3) is 5.91 Å². The number of hydrogen-bond acceptors (Lipinski definition) is 4. The number of carbonyl (C=O) groups excluding carboxylic acids is 1. The van der Waals surface area contributed by atoms with Crippen LogP contribution in [0.4, 0.5) is 0 Å².